The Bertz CT molecular complexity index is 768. The van der Waals surface area contributed by atoms with Crippen LogP contribution in [-0.2, 0) is 21.4 Å². The molecule has 1 aliphatic carbocycles. The van der Waals surface area contributed by atoms with E-state index in [9.17, 15) is 18.3 Å². The van der Waals surface area contributed by atoms with Gasteiger partial charge in [0.15, 0.2) is 0 Å². The van der Waals surface area contributed by atoms with Gasteiger partial charge in [-0.05, 0) is 36.5 Å². The van der Waals surface area contributed by atoms with Crippen molar-refractivity contribution in [2.75, 3.05) is 10.8 Å². The first-order valence-corrected chi connectivity index (χ1v) is 8.38. The molecule has 116 valence electrons. The van der Waals surface area contributed by atoms with Crippen molar-refractivity contribution < 1.29 is 18.3 Å². The van der Waals surface area contributed by atoms with Crippen molar-refractivity contribution >= 4 is 21.8 Å². The minimum absolute atomic E-state index is 0.112. The number of amides is 1. The lowest BCUT2D eigenvalue weighted by Gasteiger charge is -2.18. The van der Waals surface area contributed by atoms with Gasteiger partial charge in [-0.3, -0.25) is 4.79 Å². The summed E-state index contributed by atoms with van der Waals surface area (Å²) in [5.41, 5.74) is 1.03. The molecule has 1 amide bonds. The number of rotatable bonds is 3. The second-order valence-electron chi connectivity index (χ2n) is 5.37. The fourth-order valence-electron chi connectivity index (χ4n) is 2.65. The van der Waals surface area contributed by atoms with Crippen LogP contribution in [0, 0.1) is 5.92 Å². The van der Waals surface area contributed by atoms with Gasteiger partial charge in [0, 0.05) is 0 Å². The number of anilines is 1. The number of phenols is 1. The van der Waals surface area contributed by atoms with Crippen LogP contribution < -0.4 is 9.03 Å². The van der Waals surface area contributed by atoms with Crippen LogP contribution in [-0.4, -0.2) is 26.0 Å². The minimum atomic E-state index is -3.90. The highest BCUT2D eigenvalue weighted by molar-refractivity contribution is 7.92. The molecule has 1 fully saturated rings. The molecule has 1 aliphatic heterocycles. The monoisotopic (exact) mass is 320 g/mol. The number of allylic oxidation sites excluding steroid dienone is 4. The molecule has 0 radical (unpaired) electrons. The highest BCUT2D eigenvalue weighted by Crippen LogP contribution is 2.32. The molecule has 1 aromatic rings. The molecule has 6 nitrogen and oxygen atoms in total. The summed E-state index contributed by atoms with van der Waals surface area (Å²) in [6, 6.07) is 4.87. The zero-order chi connectivity index (χ0) is 15.7. The van der Waals surface area contributed by atoms with Crippen molar-refractivity contribution in [3.63, 3.8) is 0 Å². The Labute approximate surface area is 128 Å². The van der Waals surface area contributed by atoms with E-state index in [0.29, 0.717) is 5.92 Å². The van der Waals surface area contributed by atoms with Crippen molar-refractivity contribution in [3.8, 4) is 5.75 Å². The van der Waals surface area contributed by atoms with Gasteiger partial charge in [-0.1, -0.05) is 30.4 Å². The second-order valence-corrected chi connectivity index (χ2v) is 6.97. The normalized spacial score (nSPS) is 22.8. The lowest BCUT2D eigenvalue weighted by molar-refractivity contribution is -0.117. The quantitative estimate of drug-likeness (QED) is 0.877. The van der Waals surface area contributed by atoms with Crippen molar-refractivity contribution in [1.82, 2.24) is 4.72 Å². The van der Waals surface area contributed by atoms with E-state index < -0.39 is 16.1 Å². The summed E-state index contributed by atoms with van der Waals surface area (Å²) in [7, 11) is -3.90. The fraction of sp³-hybridized carbons (Fsp3) is 0.267. The summed E-state index contributed by atoms with van der Waals surface area (Å²) >= 11 is 0. The number of benzene rings is 1. The number of nitrogens with one attached hydrogen (secondary N) is 1. The summed E-state index contributed by atoms with van der Waals surface area (Å²) < 4.78 is 26.3. The number of phenolic OH excluding ortho intramolecular Hbond substituents is 1. The van der Waals surface area contributed by atoms with E-state index in [0.717, 1.165) is 22.7 Å². The molecule has 22 heavy (non-hydrogen) atoms. The van der Waals surface area contributed by atoms with E-state index in [1.807, 2.05) is 16.9 Å². The third-order valence-corrected chi connectivity index (χ3v) is 5.09. The van der Waals surface area contributed by atoms with Gasteiger partial charge in [-0.15, -0.1) is 0 Å². The Balaban J connectivity index is 1.82. The van der Waals surface area contributed by atoms with E-state index in [4.69, 9.17) is 0 Å². The molecule has 1 aromatic carbocycles. The number of aromatic hydroxyl groups is 1. The van der Waals surface area contributed by atoms with Crippen molar-refractivity contribution in [3.05, 3.63) is 48.1 Å². The summed E-state index contributed by atoms with van der Waals surface area (Å²) in [6.07, 6.45) is 9.90. The third-order valence-electron chi connectivity index (χ3n) is 3.70. The van der Waals surface area contributed by atoms with Gasteiger partial charge in [0.2, 0.25) is 0 Å². The van der Waals surface area contributed by atoms with Gasteiger partial charge in [0.05, 0.1) is 5.69 Å². The van der Waals surface area contributed by atoms with Gasteiger partial charge in [-0.25, -0.2) is 9.03 Å². The van der Waals surface area contributed by atoms with Crippen molar-refractivity contribution in [1.29, 1.82) is 0 Å². The Morgan fingerprint density at radius 3 is 2.73 bits per heavy atom. The second kappa shape index (κ2) is 5.49. The Kier molecular flexibility index (Phi) is 3.66. The van der Waals surface area contributed by atoms with E-state index in [2.05, 4.69) is 12.2 Å². The fourth-order valence-corrected chi connectivity index (χ4v) is 3.82. The molecule has 0 unspecified atom stereocenters. The van der Waals surface area contributed by atoms with Crippen LogP contribution in [0.1, 0.15) is 12.0 Å². The molecule has 7 heteroatoms. The van der Waals surface area contributed by atoms with Crippen LogP contribution in [0.5, 0.6) is 5.75 Å². The van der Waals surface area contributed by atoms with Gasteiger partial charge in [-0.2, -0.15) is 8.42 Å². The van der Waals surface area contributed by atoms with Crippen molar-refractivity contribution in [2.24, 2.45) is 5.92 Å². The van der Waals surface area contributed by atoms with Crippen molar-refractivity contribution in [2.45, 2.75) is 12.8 Å². The zero-order valence-corrected chi connectivity index (χ0v) is 12.6. The number of nitrogens with zero attached hydrogens (tertiary/aromatic N) is 1. The molecule has 1 saturated heterocycles. The molecule has 2 N–H and O–H groups in total. The maximum atomic E-state index is 11.8. The largest absolute Gasteiger partial charge is 0.506 e. The summed E-state index contributed by atoms with van der Waals surface area (Å²) in [5, 5.41) is 10.1. The van der Waals surface area contributed by atoms with Crippen LogP contribution in [0.2, 0.25) is 0 Å². The number of hydrogen-bond donors (Lipinski definition) is 2. The minimum Gasteiger partial charge on any atom is -0.506 e. The molecule has 3 rings (SSSR count). The standard InChI is InChI=1S/C15H16N2O4S/c18-14-9-12(8-11-4-2-1-3-5-11)6-7-13(14)17-10-15(19)16-22(17,20)21/h1-4,6-7,9,11,18H,5,8,10H2,(H,16,19)/t11-/m0/s1. The summed E-state index contributed by atoms with van der Waals surface area (Å²) in [4.78, 5) is 11.3. The van der Waals surface area contributed by atoms with Crippen LogP contribution in [0.3, 0.4) is 0 Å². The third kappa shape index (κ3) is 2.85. The molecule has 1 heterocycles. The Morgan fingerprint density at radius 1 is 1.32 bits per heavy atom. The number of hydrogen-bond acceptors (Lipinski definition) is 4. The highest BCUT2D eigenvalue weighted by atomic mass is 32.2. The van der Waals surface area contributed by atoms with E-state index in [1.54, 1.807) is 12.1 Å². The van der Waals surface area contributed by atoms with E-state index >= 15 is 0 Å². The Morgan fingerprint density at radius 2 is 2.14 bits per heavy atom. The first-order valence-electron chi connectivity index (χ1n) is 6.94. The maximum absolute atomic E-state index is 11.8. The first kappa shape index (κ1) is 14.6. The van der Waals surface area contributed by atoms with Gasteiger partial charge >= 0.3 is 10.2 Å². The topological polar surface area (TPSA) is 86.7 Å². The molecule has 0 bridgehead atoms. The molecule has 1 atom stereocenters. The van der Waals surface area contributed by atoms with Gasteiger partial charge < -0.3 is 5.11 Å². The van der Waals surface area contributed by atoms with E-state index in [1.165, 1.54) is 6.07 Å². The first-order chi connectivity index (χ1) is 10.5. The SMILES string of the molecule is O=C1CN(c2ccc(C[C@H]3C=CC=CC3)cc2O)S(=O)(=O)N1. The number of carbonyl (C=O) groups excluding carboxylic acids is 1. The van der Waals surface area contributed by atoms with Gasteiger partial charge in [0.1, 0.15) is 12.3 Å². The summed E-state index contributed by atoms with van der Waals surface area (Å²) in [6.45, 7) is -0.314. The molecule has 0 aromatic heterocycles. The highest BCUT2D eigenvalue weighted by Gasteiger charge is 2.35. The predicted molar refractivity (Wildman–Crippen MR) is 82.6 cm³/mol. The van der Waals surface area contributed by atoms with Crippen LogP contribution in [0.25, 0.3) is 0 Å². The van der Waals surface area contributed by atoms with Gasteiger partial charge in [0.25, 0.3) is 5.91 Å². The molecule has 0 spiro atoms. The number of carbonyl (C=O) groups is 1. The van der Waals surface area contributed by atoms with Crippen LogP contribution >= 0.6 is 0 Å². The molecule has 0 saturated carbocycles. The molecular formula is C15H16N2O4S. The Hall–Kier alpha value is -2.28. The van der Waals surface area contributed by atoms with Crippen LogP contribution in [0.4, 0.5) is 5.69 Å². The van der Waals surface area contributed by atoms with Crippen LogP contribution in [0.15, 0.2) is 42.5 Å². The predicted octanol–water partition coefficient (Wildman–Crippen LogP) is 1.25. The lowest BCUT2D eigenvalue weighted by atomic mass is 9.93. The lowest BCUT2D eigenvalue weighted by Crippen LogP contribution is -2.29. The smallest absolute Gasteiger partial charge is 0.326 e. The van der Waals surface area contributed by atoms with E-state index in [-0.39, 0.29) is 18.0 Å². The maximum Gasteiger partial charge on any atom is 0.326 e. The molecular weight excluding hydrogens is 304 g/mol. The summed E-state index contributed by atoms with van der Waals surface area (Å²) in [5.74, 6) is -0.385. The average Bonchev–Trinajstić information content (AvgIpc) is 2.73. The average molecular weight is 320 g/mol. The zero-order valence-electron chi connectivity index (χ0n) is 11.8. The molecule has 2 aliphatic rings.